The topological polar surface area (TPSA) is 234 Å². The van der Waals surface area contributed by atoms with Crippen LogP contribution in [0.2, 0.25) is 0 Å². The minimum atomic E-state index is -0.657. The number of aromatic nitrogens is 14. The molecule has 12 rings (SSSR count). The second-order valence-electron chi connectivity index (χ2n) is 17.7. The molecule has 18 nitrogen and oxygen atoms in total. The maximum atomic E-state index is 14.3. The summed E-state index contributed by atoms with van der Waals surface area (Å²) in [6.45, 7) is 11.2. The highest BCUT2D eigenvalue weighted by molar-refractivity contribution is 7.15. The molecule has 12 aromatic rings. The van der Waals surface area contributed by atoms with Gasteiger partial charge in [-0.2, -0.15) is 10.2 Å². The van der Waals surface area contributed by atoms with Gasteiger partial charge < -0.3 is 11.5 Å². The molecule has 396 valence electrons. The van der Waals surface area contributed by atoms with Crippen molar-refractivity contribution in [1.29, 1.82) is 0 Å². The summed E-state index contributed by atoms with van der Waals surface area (Å²) in [7, 11) is 0. The van der Waals surface area contributed by atoms with E-state index in [4.69, 9.17) is 31.6 Å². The second kappa shape index (κ2) is 20.8. The van der Waals surface area contributed by atoms with E-state index < -0.39 is 46.5 Å². The van der Waals surface area contributed by atoms with E-state index in [1.807, 2.05) is 41.5 Å². The summed E-state index contributed by atoms with van der Waals surface area (Å²) in [5.74, 6) is -1.74. The number of anilines is 2. The highest BCUT2D eigenvalue weighted by Gasteiger charge is 2.30. The molecule has 0 aliphatic rings. The SMILES string of the molecule is C.C.Cc1nc(C)c(-c2nn([C@@H](C)c3nc4ccc(F)cn4c(=O)c3-c3cccc(F)c3)c3ncnc(N)c23)s1.Cc1nc(C)c(-c2nn([C@H](C)c3nc4ccc(F)cn4c(=O)c3-c3cccc(F)c3)c3ncnc(N)c23)s1. The van der Waals surface area contributed by atoms with Crippen molar-refractivity contribution in [2.45, 2.75) is 68.5 Å². The van der Waals surface area contributed by atoms with Crippen LogP contribution in [0.1, 0.15) is 73.6 Å². The predicted octanol–water partition coefficient (Wildman–Crippen LogP) is 10.7. The quantitative estimate of drug-likeness (QED) is 0.135. The maximum absolute atomic E-state index is 14.3. The molecule has 10 heterocycles. The van der Waals surface area contributed by atoms with Crippen molar-refractivity contribution in [3.05, 3.63) is 175 Å². The van der Waals surface area contributed by atoms with Gasteiger partial charge in [-0.05, 0) is 101 Å². The first kappa shape index (κ1) is 53.7. The molecule has 0 aliphatic heterocycles. The van der Waals surface area contributed by atoms with E-state index in [1.165, 1.54) is 96.0 Å². The molecule has 0 amide bonds. The lowest BCUT2D eigenvalue weighted by atomic mass is 10.0. The average Bonchev–Trinajstić information content (AvgIpc) is 4.19. The van der Waals surface area contributed by atoms with Crippen LogP contribution in [-0.2, 0) is 0 Å². The molecule has 0 unspecified atom stereocenters. The van der Waals surface area contributed by atoms with Crippen molar-refractivity contribution in [1.82, 2.24) is 68.2 Å². The first-order chi connectivity index (χ1) is 36.4. The van der Waals surface area contributed by atoms with E-state index in [0.29, 0.717) is 56.0 Å². The highest BCUT2D eigenvalue weighted by atomic mass is 32.1. The fourth-order valence-electron chi connectivity index (χ4n) is 9.28. The van der Waals surface area contributed by atoms with Crippen molar-refractivity contribution in [3.63, 3.8) is 0 Å². The number of nitrogens with two attached hydrogens (primary N) is 2. The summed E-state index contributed by atoms with van der Waals surface area (Å²) in [5.41, 5.74) is 17.1. The largest absolute Gasteiger partial charge is 0.383 e. The molecular weight excluding hydrogens is 1040 g/mol. The Labute approximate surface area is 449 Å². The summed E-state index contributed by atoms with van der Waals surface area (Å²) in [6.07, 6.45) is 4.81. The molecular formula is C54H48F4N16O2S2. The van der Waals surface area contributed by atoms with E-state index in [1.54, 1.807) is 21.5 Å². The number of fused-ring (bicyclic) bond motifs is 4. The fourth-order valence-corrected chi connectivity index (χ4v) is 11.1. The van der Waals surface area contributed by atoms with Crippen LogP contribution in [0.5, 0.6) is 0 Å². The molecule has 0 bridgehead atoms. The lowest BCUT2D eigenvalue weighted by molar-refractivity contribution is 0.566. The van der Waals surface area contributed by atoms with Gasteiger partial charge in [-0.3, -0.25) is 18.4 Å². The zero-order chi connectivity index (χ0) is 53.4. The van der Waals surface area contributed by atoms with Crippen LogP contribution in [0.3, 0.4) is 0 Å². The summed E-state index contributed by atoms with van der Waals surface area (Å²) >= 11 is 2.95. The Balaban J connectivity index is 0.000000185. The molecule has 78 heavy (non-hydrogen) atoms. The number of aryl methyl sites for hydroxylation is 4. The number of hydrogen-bond acceptors (Lipinski definition) is 16. The molecule has 2 aromatic carbocycles. The van der Waals surface area contributed by atoms with Crippen molar-refractivity contribution >= 4 is 67.7 Å². The maximum Gasteiger partial charge on any atom is 0.266 e. The molecule has 0 saturated carbocycles. The Kier molecular flexibility index (Phi) is 14.3. The smallest absolute Gasteiger partial charge is 0.266 e. The lowest BCUT2D eigenvalue weighted by Crippen LogP contribution is -2.23. The van der Waals surface area contributed by atoms with Crippen LogP contribution in [-0.4, -0.2) is 68.2 Å². The van der Waals surface area contributed by atoms with Gasteiger partial charge in [0.05, 0.1) is 76.5 Å². The van der Waals surface area contributed by atoms with Gasteiger partial charge in [0.1, 0.15) is 70.2 Å². The van der Waals surface area contributed by atoms with Crippen molar-refractivity contribution < 1.29 is 17.6 Å². The Hall–Kier alpha value is -9.16. The third-order valence-corrected chi connectivity index (χ3v) is 14.8. The first-order valence-corrected chi connectivity index (χ1v) is 24.9. The molecule has 0 fully saturated rings. The third kappa shape index (κ3) is 9.27. The zero-order valence-electron chi connectivity index (χ0n) is 41.0. The minimum Gasteiger partial charge on any atom is -0.383 e. The van der Waals surface area contributed by atoms with E-state index in [9.17, 15) is 27.2 Å². The van der Waals surface area contributed by atoms with Crippen LogP contribution >= 0.6 is 22.7 Å². The van der Waals surface area contributed by atoms with Crippen molar-refractivity contribution in [2.75, 3.05) is 11.5 Å². The Morgan fingerprint density at radius 2 is 0.923 bits per heavy atom. The summed E-state index contributed by atoms with van der Waals surface area (Å²) < 4.78 is 62.1. The molecule has 2 atom stereocenters. The summed E-state index contributed by atoms with van der Waals surface area (Å²) in [5, 5.41) is 12.6. The third-order valence-electron chi connectivity index (χ3n) is 12.7. The van der Waals surface area contributed by atoms with Gasteiger partial charge in [0.25, 0.3) is 11.1 Å². The zero-order valence-corrected chi connectivity index (χ0v) is 42.6. The molecule has 0 aliphatic carbocycles. The summed E-state index contributed by atoms with van der Waals surface area (Å²) in [4.78, 5) is 64.8. The molecule has 0 radical (unpaired) electrons. The van der Waals surface area contributed by atoms with E-state index >= 15 is 0 Å². The fraction of sp³-hybridized carbons (Fsp3) is 0.185. The molecule has 0 spiro atoms. The Morgan fingerprint density at radius 1 is 0.526 bits per heavy atom. The average molecular weight is 1090 g/mol. The van der Waals surface area contributed by atoms with Crippen LogP contribution in [0.4, 0.5) is 29.2 Å². The highest BCUT2D eigenvalue weighted by Crippen LogP contribution is 2.40. The van der Waals surface area contributed by atoms with Gasteiger partial charge >= 0.3 is 0 Å². The number of pyridine rings is 2. The van der Waals surface area contributed by atoms with Gasteiger partial charge in [-0.25, -0.2) is 66.8 Å². The predicted molar refractivity (Wildman–Crippen MR) is 295 cm³/mol. The number of rotatable bonds is 8. The van der Waals surface area contributed by atoms with Crippen LogP contribution < -0.4 is 22.6 Å². The van der Waals surface area contributed by atoms with Gasteiger partial charge in [-0.1, -0.05) is 39.1 Å². The first-order valence-electron chi connectivity index (χ1n) is 23.3. The van der Waals surface area contributed by atoms with Gasteiger partial charge in [0.15, 0.2) is 11.3 Å². The second-order valence-corrected chi connectivity index (χ2v) is 20.1. The van der Waals surface area contributed by atoms with Crippen molar-refractivity contribution in [2.24, 2.45) is 0 Å². The number of thiazole rings is 2. The number of nitrogen functional groups attached to an aromatic ring is 2. The monoisotopic (exact) mass is 1090 g/mol. The van der Waals surface area contributed by atoms with E-state index in [0.717, 1.165) is 52.4 Å². The molecule has 4 N–H and O–H groups in total. The molecule has 24 heteroatoms. The van der Waals surface area contributed by atoms with Gasteiger partial charge in [0, 0.05) is 12.4 Å². The number of hydrogen-bond donors (Lipinski definition) is 2. The molecule has 10 aromatic heterocycles. The van der Waals surface area contributed by atoms with Crippen molar-refractivity contribution in [3.8, 4) is 43.4 Å². The Morgan fingerprint density at radius 3 is 1.28 bits per heavy atom. The number of halogens is 4. The van der Waals surface area contributed by atoms with Gasteiger partial charge in [0.2, 0.25) is 0 Å². The summed E-state index contributed by atoms with van der Waals surface area (Å²) in [6, 6.07) is 15.3. The number of nitrogens with zero attached hydrogens (tertiary/aromatic N) is 14. The van der Waals surface area contributed by atoms with Gasteiger partial charge in [-0.15, -0.1) is 22.7 Å². The minimum absolute atomic E-state index is 0. The van der Waals surface area contributed by atoms with E-state index in [2.05, 4.69) is 29.9 Å². The van der Waals surface area contributed by atoms with Crippen LogP contribution in [0.25, 0.3) is 76.8 Å². The van der Waals surface area contributed by atoms with E-state index in [-0.39, 0.29) is 48.9 Å². The Bertz CT molecular complexity index is 4170. The van der Waals surface area contributed by atoms with Crippen LogP contribution in [0.15, 0.2) is 107 Å². The number of benzene rings is 2. The lowest BCUT2D eigenvalue weighted by Gasteiger charge is -2.18. The van der Waals surface area contributed by atoms with Crippen LogP contribution in [0, 0.1) is 51.0 Å². The standard InChI is InChI=1S/2C26H20F2N8OS.2CH4/c2*1-12-23(38-14(3)32-12)22-20-24(29)30-11-31-25(20)36(34-22)13(2)21-19(15-5-4-6-16(27)9-15)26(37)35-10-17(28)7-8-18(35)33-21;;/h2*4-11,13H,1-3H3,(H2,29,30,31);2*1H4/t2*13-;;/m10../s1. The normalized spacial score (nSPS) is 12.1. The molecule has 0 saturated heterocycles.